The van der Waals surface area contributed by atoms with Crippen molar-refractivity contribution in [1.82, 2.24) is 9.78 Å². The lowest BCUT2D eigenvalue weighted by Crippen LogP contribution is -2.16. The van der Waals surface area contributed by atoms with Crippen molar-refractivity contribution in [3.05, 3.63) is 46.6 Å². The minimum atomic E-state index is -3.00. The summed E-state index contributed by atoms with van der Waals surface area (Å²) in [4.78, 5) is 21.7. The van der Waals surface area contributed by atoms with Gasteiger partial charge in [0.1, 0.15) is 5.75 Å². The molecule has 0 unspecified atom stereocenters. The van der Waals surface area contributed by atoms with Gasteiger partial charge in [0.25, 0.3) is 0 Å². The Balaban J connectivity index is 1.93. The van der Waals surface area contributed by atoms with Crippen LogP contribution in [0.1, 0.15) is 6.42 Å². The zero-order valence-corrected chi connectivity index (χ0v) is 11.7. The van der Waals surface area contributed by atoms with Crippen molar-refractivity contribution in [3.63, 3.8) is 0 Å². The number of hydrogen-bond donors (Lipinski definition) is 1. The number of aromatic nitrogens is 2. The number of rotatable bonds is 7. The Bertz CT molecular complexity index is 705. The van der Waals surface area contributed by atoms with E-state index in [0.29, 0.717) is 0 Å². The fourth-order valence-corrected chi connectivity index (χ4v) is 1.77. The van der Waals surface area contributed by atoms with Crippen molar-refractivity contribution in [3.8, 4) is 5.75 Å². The van der Waals surface area contributed by atoms with Crippen LogP contribution in [0.2, 0.25) is 0 Å². The van der Waals surface area contributed by atoms with Gasteiger partial charge in [-0.3, -0.25) is 4.79 Å². The highest BCUT2D eigenvalue weighted by molar-refractivity contribution is 5.92. The molecule has 0 bridgehead atoms. The predicted molar refractivity (Wildman–Crippen MR) is 75.2 cm³/mol. The highest BCUT2D eigenvalue weighted by atomic mass is 19.3. The molecule has 0 spiro atoms. The first-order valence-corrected chi connectivity index (χ1v) is 6.47. The van der Waals surface area contributed by atoms with Crippen LogP contribution in [0.4, 0.5) is 20.3 Å². The van der Waals surface area contributed by atoms with Crippen LogP contribution in [-0.4, -0.2) is 27.2 Å². The van der Waals surface area contributed by atoms with Gasteiger partial charge >= 0.3 is 12.4 Å². The zero-order chi connectivity index (χ0) is 16.8. The summed E-state index contributed by atoms with van der Waals surface area (Å²) >= 11 is 0. The number of ether oxygens (including phenoxy) is 1. The summed E-state index contributed by atoms with van der Waals surface area (Å²) in [5.41, 5.74) is 0.115. The summed E-state index contributed by atoms with van der Waals surface area (Å²) in [5, 5.41) is 16.6. The largest absolute Gasteiger partial charge is 0.433 e. The lowest BCUT2D eigenvalue weighted by Gasteiger charge is -2.11. The maximum absolute atomic E-state index is 12.3. The minimum Gasteiger partial charge on any atom is -0.433 e. The van der Waals surface area contributed by atoms with Crippen LogP contribution in [-0.2, 0) is 11.3 Å². The quantitative estimate of drug-likeness (QED) is 0.622. The second-order valence-electron chi connectivity index (χ2n) is 4.37. The third-order valence-electron chi connectivity index (χ3n) is 2.76. The molecule has 23 heavy (non-hydrogen) atoms. The van der Waals surface area contributed by atoms with E-state index < -0.39 is 17.4 Å². The number of amides is 1. The van der Waals surface area contributed by atoms with Crippen molar-refractivity contribution in [2.45, 2.75) is 19.6 Å². The van der Waals surface area contributed by atoms with Crippen LogP contribution < -0.4 is 10.1 Å². The highest BCUT2D eigenvalue weighted by Crippen LogP contribution is 2.25. The number of aryl methyl sites for hydroxylation is 1. The number of benzene rings is 1. The lowest BCUT2D eigenvalue weighted by atomic mass is 10.3. The number of carbonyl (C=O) groups excluding carboxylic acids is 1. The molecule has 0 aliphatic heterocycles. The van der Waals surface area contributed by atoms with E-state index in [1.165, 1.54) is 35.1 Å². The summed E-state index contributed by atoms with van der Waals surface area (Å²) in [6, 6.07) is 7.00. The SMILES string of the molecule is O=C(CCn1ccc([N+](=O)[O-])n1)Nc1ccccc1OC(F)F. The first-order valence-electron chi connectivity index (χ1n) is 6.47. The van der Waals surface area contributed by atoms with Crippen molar-refractivity contribution >= 4 is 17.4 Å². The maximum Gasteiger partial charge on any atom is 0.389 e. The molecule has 0 saturated heterocycles. The monoisotopic (exact) mass is 326 g/mol. The van der Waals surface area contributed by atoms with Crippen LogP contribution in [0.3, 0.4) is 0 Å². The lowest BCUT2D eigenvalue weighted by molar-refractivity contribution is -0.389. The first kappa shape index (κ1) is 16.3. The third-order valence-corrected chi connectivity index (χ3v) is 2.76. The van der Waals surface area contributed by atoms with Gasteiger partial charge in [0.2, 0.25) is 5.91 Å². The van der Waals surface area contributed by atoms with Gasteiger partial charge in [0.05, 0.1) is 29.6 Å². The normalized spacial score (nSPS) is 10.6. The Hall–Kier alpha value is -3.04. The van der Waals surface area contributed by atoms with Crippen molar-refractivity contribution in [2.75, 3.05) is 5.32 Å². The summed E-state index contributed by atoms with van der Waals surface area (Å²) in [7, 11) is 0. The zero-order valence-electron chi connectivity index (χ0n) is 11.7. The molecule has 0 radical (unpaired) electrons. The molecule has 1 aromatic carbocycles. The Morgan fingerprint density at radius 3 is 2.78 bits per heavy atom. The van der Waals surface area contributed by atoms with E-state index in [1.807, 2.05) is 0 Å². The van der Waals surface area contributed by atoms with Crippen LogP contribution in [0.25, 0.3) is 0 Å². The maximum atomic E-state index is 12.3. The van der Waals surface area contributed by atoms with Crippen LogP contribution in [0, 0.1) is 10.1 Å². The Morgan fingerprint density at radius 2 is 2.13 bits per heavy atom. The smallest absolute Gasteiger partial charge is 0.389 e. The number of carbonyl (C=O) groups is 1. The van der Waals surface area contributed by atoms with Crippen LogP contribution in [0.5, 0.6) is 5.75 Å². The van der Waals surface area contributed by atoms with Gasteiger partial charge in [-0.1, -0.05) is 12.1 Å². The minimum absolute atomic E-state index is 0.0398. The fourth-order valence-electron chi connectivity index (χ4n) is 1.77. The van der Waals surface area contributed by atoms with Crippen molar-refractivity contribution < 1.29 is 23.2 Å². The highest BCUT2D eigenvalue weighted by Gasteiger charge is 2.14. The van der Waals surface area contributed by atoms with E-state index in [1.54, 1.807) is 6.07 Å². The molecular weight excluding hydrogens is 314 g/mol. The molecule has 1 heterocycles. The van der Waals surface area contributed by atoms with Crippen molar-refractivity contribution in [2.24, 2.45) is 0 Å². The van der Waals surface area contributed by atoms with Gasteiger partial charge in [-0.05, 0) is 17.1 Å². The molecule has 0 aliphatic carbocycles. The molecule has 0 saturated carbocycles. The number of para-hydroxylation sites is 2. The van der Waals surface area contributed by atoms with E-state index in [0.717, 1.165) is 0 Å². The number of nitrogens with one attached hydrogen (secondary N) is 1. The molecule has 2 aromatic rings. The number of nitrogens with zero attached hydrogens (tertiary/aromatic N) is 3. The number of hydrogen-bond acceptors (Lipinski definition) is 5. The first-order chi connectivity index (χ1) is 11.0. The van der Waals surface area contributed by atoms with Gasteiger partial charge in [0.15, 0.2) is 0 Å². The second kappa shape index (κ2) is 7.29. The summed E-state index contributed by atoms with van der Waals surface area (Å²) < 4.78 is 30.1. The van der Waals surface area contributed by atoms with Gasteiger partial charge in [0, 0.05) is 6.42 Å². The second-order valence-corrected chi connectivity index (χ2v) is 4.37. The van der Waals surface area contributed by atoms with E-state index >= 15 is 0 Å². The van der Waals surface area contributed by atoms with E-state index in [9.17, 15) is 23.7 Å². The topological polar surface area (TPSA) is 99.3 Å². The average Bonchev–Trinajstić information content (AvgIpc) is 2.96. The molecular formula is C13H12F2N4O4. The summed E-state index contributed by atoms with van der Waals surface area (Å²) in [6.07, 6.45) is 1.33. The average molecular weight is 326 g/mol. The molecule has 0 atom stereocenters. The molecule has 0 aliphatic rings. The summed E-state index contributed by atoms with van der Waals surface area (Å²) in [6.45, 7) is -2.89. The molecule has 1 aromatic heterocycles. The van der Waals surface area contributed by atoms with Gasteiger partial charge < -0.3 is 20.2 Å². The summed E-state index contributed by atoms with van der Waals surface area (Å²) in [5.74, 6) is -0.930. The molecule has 1 N–H and O–H groups in total. The number of anilines is 1. The molecule has 2 rings (SSSR count). The number of alkyl halides is 2. The van der Waals surface area contributed by atoms with E-state index in [-0.39, 0.29) is 30.2 Å². The Kier molecular flexibility index (Phi) is 5.18. The molecule has 122 valence electrons. The van der Waals surface area contributed by atoms with Crippen LogP contribution in [0.15, 0.2) is 36.5 Å². The van der Waals surface area contributed by atoms with Gasteiger partial charge in [-0.2, -0.15) is 13.5 Å². The molecule has 0 fully saturated rings. The Morgan fingerprint density at radius 1 is 1.39 bits per heavy atom. The third kappa shape index (κ3) is 4.73. The fraction of sp³-hybridized carbons (Fsp3) is 0.231. The Labute approximate surface area is 128 Å². The van der Waals surface area contributed by atoms with Crippen molar-refractivity contribution in [1.29, 1.82) is 0 Å². The van der Waals surface area contributed by atoms with Gasteiger partial charge in [-0.25, -0.2) is 0 Å². The molecule has 1 amide bonds. The molecule has 8 nitrogen and oxygen atoms in total. The number of halogens is 2. The standard InChI is InChI=1S/C13H12F2N4O4/c14-13(15)23-10-4-2-1-3-9(10)16-12(20)6-8-18-7-5-11(17-18)19(21)22/h1-5,7,13H,6,8H2,(H,16,20). The van der Waals surface area contributed by atoms with Crippen LogP contribution >= 0.6 is 0 Å². The number of nitro groups is 1. The van der Waals surface area contributed by atoms with E-state index in [4.69, 9.17) is 0 Å². The van der Waals surface area contributed by atoms with E-state index in [2.05, 4.69) is 15.2 Å². The van der Waals surface area contributed by atoms with Gasteiger partial charge in [-0.15, -0.1) is 0 Å². The molecule has 10 heteroatoms. The predicted octanol–water partition coefficient (Wildman–Crippen LogP) is 2.42.